The highest BCUT2D eigenvalue weighted by atomic mass is 16.1. The first kappa shape index (κ1) is 14.4. The van der Waals surface area contributed by atoms with Crippen LogP contribution in [0.3, 0.4) is 0 Å². The van der Waals surface area contributed by atoms with E-state index in [1.54, 1.807) is 6.08 Å². The maximum atomic E-state index is 9.92. The first-order chi connectivity index (χ1) is 8.36. The molecule has 0 aliphatic heterocycles. The Bertz CT molecular complexity index is 233. The first-order valence-corrected chi connectivity index (χ1v) is 7.40. The Hall–Kier alpha value is -0.620. The van der Waals surface area contributed by atoms with Crippen molar-refractivity contribution in [2.75, 3.05) is 6.54 Å². The number of rotatable bonds is 8. The molecule has 1 aliphatic rings. The molecule has 0 saturated heterocycles. The predicted molar refractivity (Wildman–Crippen MR) is 71.8 cm³/mol. The molecule has 0 radical (unpaired) electrons. The van der Waals surface area contributed by atoms with Crippen molar-refractivity contribution in [3.63, 3.8) is 0 Å². The van der Waals surface area contributed by atoms with Gasteiger partial charge in [0.25, 0.3) is 0 Å². The molecule has 2 atom stereocenters. The van der Waals surface area contributed by atoms with Crippen molar-refractivity contribution in [1.82, 2.24) is 0 Å². The fourth-order valence-electron chi connectivity index (χ4n) is 3.09. The van der Waals surface area contributed by atoms with Crippen LogP contribution in [0, 0.1) is 11.8 Å². The van der Waals surface area contributed by atoms with Crippen molar-refractivity contribution in [2.24, 2.45) is 16.8 Å². The minimum Gasteiger partial charge on any atom is -0.211 e. The number of isocyanates is 1. The van der Waals surface area contributed by atoms with Crippen LogP contribution in [0.15, 0.2) is 4.99 Å². The van der Waals surface area contributed by atoms with E-state index < -0.39 is 0 Å². The molecule has 1 rings (SSSR count). The van der Waals surface area contributed by atoms with Gasteiger partial charge in [0, 0.05) is 0 Å². The van der Waals surface area contributed by atoms with Crippen LogP contribution in [0.2, 0.25) is 0 Å². The molecule has 2 nitrogen and oxygen atoms in total. The summed E-state index contributed by atoms with van der Waals surface area (Å²) < 4.78 is 0. The summed E-state index contributed by atoms with van der Waals surface area (Å²) >= 11 is 0. The second-order valence-electron chi connectivity index (χ2n) is 5.51. The van der Waals surface area contributed by atoms with Gasteiger partial charge in [0.05, 0.1) is 6.54 Å². The quantitative estimate of drug-likeness (QED) is 0.347. The summed E-state index contributed by atoms with van der Waals surface area (Å²) in [5, 5.41) is 0. The van der Waals surface area contributed by atoms with Crippen LogP contribution in [0.1, 0.15) is 71.1 Å². The number of aliphatic imine (C=N–C) groups is 1. The summed E-state index contributed by atoms with van der Waals surface area (Å²) in [6.45, 7) is 2.96. The summed E-state index contributed by atoms with van der Waals surface area (Å²) in [5.41, 5.74) is 0. The Labute approximate surface area is 106 Å². The zero-order valence-electron chi connectivity index (χ0n) is 11.3. The van der Waals surface area contributed by atoms with Gasteiger partial charge in [0.15, 0.2) is 0 Å². The van der Waals surface area contributed by atoms with E-state index in [1.807, 2.05) is 0 Å². The van der Waals surface area contributed by atoms with E-state index in [9.17, 15) is 4.79 Å². The van der Waals surface area contributed by atoms with Crippen molar-refractivity contribution in [2.45, 2.75) is 71.1 Å². The van der Waals surface area contributed by atoms with Gasteiger partial charge >= 0.3 is 0 Å². The van der Waals surface area contributed by atoms with Gasteiger partial charge in [-0.25, -0.2) is 9.79 Å². The van der Waals surface area contributed by atoms with Crippen LogP contribution in [-0.4, -0.2) is 12.6 Å². The lowest BCUT2D eigenvalue weighted by atomic mass is 9.77. The molecule has 1 aliphatic carbocycles. The van der Waals surface area contributed by atoms with E-state index in [2.05, 4.69) is 11.9 Å². The summed E-state index contributed by atoms with van der Waals surface area (Å²) in [4.78, 5) is 13.5. The van der Waals surface area contributed by atoms with Crippen molar-refractivity contribution in [3.05, 3.63) is 0 Å². The fraction of sp³-hybridized carbons (Fsp3) is 0.933. The smallest absolute Gasteiger partial charge is 0.211 e. The minimum absolute atomic E-state index is 0.676. The Kier molecular flexibility index (Phi) is 8.00. The summed E-state index contributed by atoms with van der Waals surface area (Å²) in [6.07, 6.45) is 15.2. The molecular formula is C15H27NO. The zero-order chi connectivity index (χ0) is 12.3. The molecule has 0 aromatic carbocycles. The van der Waals surface area contributed by atoms with Crippen LogP contribution < -0.4 is 0 Å². The lowest BCUT2D eigenvalue weighted by Crippen LogP contribution is -2.15. The lowest BCUT2D eigenvalue weighted by molar-refractivity contribution is 0.237. The zero-order valence-corrected chi connectivity index (χ0v) is 11.3. The van der Waals surface area contributed by atoms with Gasteiger partial charge in [-0.15, -0.1) is 0 Å². The molecule has 17 heavy (non-hydrogen) atoms. The van der Waals surface area contributed by atoms with E-state index >= 15 is 0 Å². The molecule has 1 saturated carbocycles. The highest BCUT2D eigenvalue weighted by Crippen LogP contribution is 2.34. The van der Waals surface area contributed by atoms with Gasteiger partial charge in [0.1, 0.15) is 0 Å². The topological polar surface area (TPSA) is 29.4 Å². The molecule has 0 aromatic heterocycles. The average Bonchev–Trinajstić information content (AvgIpc) is 2.37. The minimum atomic E-state index is 0.676. The Morgan fingerprint density at radius 3 is 2.47 bits per heavy atom. The molecule has 2 unspecified atom stereocenters. The SMILES string of the molecule is CCCCC1CCCC(CCCCN=C=O)C1. The molecule has 0 N–H and O–H groups in total. The van der Waals surface area contributed by atoms with Crippen molar-refractivity contribution < 1.29 is 4.79 Å². The number of hydrogen-bond donors (Lipinski definition) is 0. The van der Waals surface area contributed by atoms with Crippen molar-refractivity contribution >= 4 is 6.08 Å². The Morgan fingerprint density at radius 1 is 1.12 bits per heavy atom. The van der Waals surface area contributed by atoms with Gasteiger partial charge in [-0.3, -0.25) is 0 Å². The Balaban J connectivity index is 2.09. The van der Waals surface area contributed by atoms with Gasteiger partial charge in [-0.05, 0) is 24.7 Å². The molecule has 1 fully saturated rings. The van der Waals surface area contributed by atoms with Gasteiger partial charge < -0.3 is 0 Å². The monoisotopic (exact) mass is 237 g/mol. The van der Waals surface area contributed by atoms with Crippen molar-refractivity contribution in [1.29, 1.82) is 0 Å². The summed E-state index contributed by atoms with van der Waals surface area (Å²) in [6, 6.07) is 0. The molecule has 2 heteroatoms. The van der Waals surface area contributed by atoms with Gasteiger partial charge in [-0.2, -0.15) is 0 Å². The van der Waals surface area contributed by atoms with E-state index in [0.717, 1.165) is 18.3 Å². The third-order valence-corrected chi connectivity index (χ3v) is 4.05. The van der Waals surface area contributed by atoms with Crippen molar-refractivity contribution in [3.8, 4) is 0 Å². The largest absolute Gasteiger partial charge is 0.234 e. The molecule has 0 bridgehead atoms. The van der Waals surface area contributed by atoms with Gasteiger partial charge in [0.2, 0.25) is 6.08 Å². The van der Waals surface area contributed by atoms with Crippen LogP contribution in [0.4, 0.5) is 0 Å². The van der Waals surface area contributed by atoms with E-state index in [-0.39, 0.29) is 0 Å². The Morgan fingerprint density at radius 2 is 1.82 bits per heavy atom. The van der Waals surface area contributed by atoms with Crippen LogP contribution in [-0.2, 0) is 4.79 Å². The fourth-order valence-corrected chi connectivity index (χ4v) is 3.09. The van der Waals surface area contributed by atoms with Crippen LogP contribution >= 0.6 is 0 Å². The average molecular weight is 237 g/mol. The molecule has 98 valence electrons. The standard InChI is InChI=1S/C15H27NO/c1-2-3-7-14-9-6-10-15(12-14)8-4-5-11-16-13-17/h14-15H,2-12H2,1H3. The number of unbranched alkanes of at least 4 members (excludes halogenated alkanes) is 2. The molecule has 0 heterocycles. The number of nitrogens with zero attached hydrogens (tertiary/aromatic N) is 1. The third kappa shape index (κ3) is 6.63. The highest BCUT2D eigenvalue weighted by Gasteiger charge is 2.20. The summed E-state index contributed by atoms with van der Waals surface area (Å²) in [5.74, 6) is 1.95. The highest BCUT2D eigenvalue weighted by molar-refractivity contribution is 5.32. The molecule has 0 amide bonds. The second-order valence-corrected chi connectivity index (χ2v) is 5.51. The van der Waals surface area contributed by atoms with Crippen LogP contribution in [0.25, 0.3) is 0 Å². The molecule has 0 spiro atoms. The third-order valence-electron chi connectivity index (χ3n) is 4.05. The normalized spacial score (nSPS) is 24.3. The maximum Gasteiger partial charge on any atom is 0.234 e. The molecular weight excluding hydrogens is 210 g/mol. The van der Waals surface area contributed by atoms with E-state index in [0.29, 0.717) is 6.54 Å². The summed E-state index contributed by atoms with van der Waals surface area (Å²) in [7, 11) is 0. The van der Waals surface area contributed by atoms with Gasteiger partial charge in [-0.1, -0.05) is 58.3 Å². The maximum absolute atomic E-state index is 9.92. The van der Waals surface area contributed by atoms with Crippen LogP contribution in [0.5, 0.6) is 0 Å². The predicted octanol–water partition coefficient (Wildman–Crippen LogP) is 4.49. The lowest BCUT2D eigenvalue weighted by Gasteiger charge is -2.29. The van der Waals surface area contributed by atoms with E-state index in [1.165, 1.54) is 57.8 Å². The first-order valence-electron chi connectivity index (χ1n) is 7.40. The molecule has 0 aromatic rings. The van der Waals surface area contributed by atoms with E-state index in [4.69, 9.17) is 0 Å². The number of carbonyl (C=O) groups excluding carboxylic acids is 1. The number of hydrogen-bond acceptors (Lipinski definition) is 2. The second kappa shape index (κ2) is 9.41.